The number of hydrogen-bond acceptors (Lipinski definition) is 5. The summed E-state index contributed by atoms with van der Waals surface area (Å²) in [4.78, 5) is 4.50. The fraction of sp³-hybridized carbons (Fsp3) is 0.263. The van der Waals surface area contributed by atoms with E-state index in [-0.39, 0.29) is 6.10 Å². The molecule has 0 aliphatic carbocycles. The molecule has 1 aromatic heterocycles. The minimum atomic E-state index is 0.135. The van der Waals surface area contributed by atoms with Crippen molar-refractivity contribution in [1.29, 1.82) is 0 Å². The molecule has 1 heterocycles. The van der Waals surface area contributed by atoms with E-state index in [1.165, 1.54) is 0 Å². The number of halogens is 1. The summed E-state index contributed by atoms with van der Waals surface area (Å²) >= 11 is 2.25. The lowest BCUT2D eigenvalue weighted by Crippen LogP contribution is -2.06. The maximum atomic E-state index is 5.76. The molecular weight excluding hydrogens is 431 g/mol. The fourth-order valence-corrected chi connectivity index (χ4v) is 2.95. The molecule has 0 saturated carbocycles. The molecule has 0 atom stereocenters. The van der Waals surface area contributed by atoms with Gasteiger partial charge in [-0.15, -0.1) is 0 Å². The number of ether oxygens (including phenoxy) is 2. The van der Waals surface area contributed by atoms with Crippen molar-refractivity contribution in [1.82, 2.24) is 10.1 Å². The fourth-order valence-electron chi connectivity index (χ4n) is 2.31. The van der Waals surface area contributed by atoms with E-state index in [9.17, 15) is 0 Å². The average Bonchev–Trinajstić information content (AvgIpc) is 3.07. The highest BCUT2D eigenvalue weighted by Crippen LogP contribution is 2.29. The second-order valence-electron chi connectivity index (χ2n) is 5.69. The van der Waals surface area contributed by atoms with Gasteiger partial charge in [-0.05, 0) is 85.8 Å². The predicted octanol–water partition coefficient (Wildman–Crippen LogP) is 5.19. The molecule has 25 heavy (non-hydrogen) atoms. The lowest BCUT2D eigenvalue weighted by atomic mass is 10.2. The van der Waals surface area contributed by atoms with E-state index >= 15 is 0 Å². The molecule has 0 fully saturated rings. The van der Waals surface area contributed by atoms with Gasteiger partial charge in [-0.1, -0.05) is 5.16 Å². The van der Waals surface area contributed by atoms with E-state index in [1.807, 2.05) is 63.2 Å². The highest BCUT2D eigenvalue weighted by atomic mass is 127. The van der Waals surface area contributed by atoms with Crippen molar-refractivity contribution in [2.24, 2.45) is 0 Å². The third-order valence-corrected chi connectivity index (χ3v) is 4.23. The van der Waals surface area contributed by atoms with Gasteiger partial charge in [0.2, 0.25) is 5.82 Å². The summed E-state index contributed by atoms with van der Waals surface area (Å²) in [5.41, 5.74) is 1.75. The first kappa shape index (κ1) is 17.7. The van der Waals surface area contributed by atoms with Gasteiger partial charge in [0.1, 0.15) is 11.5 Å². The smallest absolute Gasteiger partial charge is 0.258 e. The first-order valence-corrected chi connectivity index (χ1v) is 9.18. The van der Waals surface area contributed by atoms with Crippen molar-refractivity contribution in [2.75, 3.05) is 6.61 Å². The quantitative estimate of drug-likeness (QED) is 0.484. The van der Waals surface area contributed by atoms with Crippen molar-refractivity contribution in [2.45, 2.75) is 26.9 Å². The second-order valence-corrected chi connectivity index (χ2v) is 6.85. The van der Waals surface area contributed by atoms with Gasteiger partial charge in [0.15, 0.2) is 0 Å². The van der Waals surface area contributed by atoms with Crippen LogP contribution in [0.25, 0.3) is 22.8 Å². The molecule has 0 aliphatic heterocycles. The predicted molar refractivity (Wildman–Crippen MR) is 105 cm³/mol. The van der Waals surface area contributed by atoms with E-state index in [4.69, 9.17) is 14.0 Å². The molecule has 0 bridgehead atoms. The Morgan fingerprint density at radius 3 is 2.44 bits per heavy atom. The molecule has 0 N–H and O–H groups in total. The van der Waals surface area contributed by atoms with Gasteiger partial charge >= 0.3 is 0 Å². The SMILES string of the molecule is CCOc1ccc(-c2nc(-c3ccc(OC(C)C)c(I)c3)no2)cc1. The summed E-state index contributed by atoms with van der Waals surface area (Å²) in [6, 6.07) is 13.5. The molecule has 0 unspecified atom stereocenters. The lowest BCUT2D eigenvalue weighted by molar-refractivity contribution is 0.240. The van der Waals surface area contributed by atoms with E-state index in [0.29, 0.717) is 18.3 Å². The van der Waals surface area contributed by atoms with Crippen LogP contribution in [0.4, 0.5) is 0 Å². The van der Waals surface area contributed by atoms with Crippen LogP contribution < -0.4 is 9.47 Å². The van der Waals surface area contributed by atoms with Gasteiger partial charge in [-0.3, -0.25) is 0 Å². The Balaban J connectivity index is 1.82. The summed E-state index contributed by atoms with van der Waals surface area (Å²) < 4.78 is 17.6. The van der Waals surface area contributed by atoms with Crippen molar-refractivity contribution in [3.8, 4) is 34.3 Å². The zero-order valence-corrected chi connectivity index (χ0v) is 16.5. The zero-order chi connectivity index (χ0) is 17.8. The molecule has 130 valence electrons. The van der Waals surface area contributed by atoms with Crippen LogP contribution in [-0.2, 0) is 0 Å². The van der Waals surface area contributed by atoms with Crippen LogP contribution in [0.3, 0.4) is 0 Å². The van der Waals surface area contributed by atoms with E-state index in [1.54, 1.807) is 0 Å². The Kier molecular flexibility index (Phi) is 5.57. The second kappa shape index (κ2) is 7.86. The summed E-state index contributed by atoms with van der Waals surface area (Å²) in [6.07, 6.45) is 0.135. The Morgan fingerprint density at radius 1 is 1.08 bits per heavy atom. The van der Waals surface area contributed by atoms with Gasteiger partial charge in [0.05, 0.1) is 16.3 Å². The average molecular weight is 450 g/mol. The maximum Gasteiger partial charge on any atom is 0.258 e. The van der Waals surface area contributed by atoms with E-state index < -0.39 is 0 Å². The molecule has 6 heteroatoms. The normalized spacial score (nSPS) is 10.9. The van der Waals surface area contributed by atoms with Crippen LogP contribution in [-0.4, -0.2) is 22.9 Å². The van der Waals surface area contributed by atoms with Gasteiger partial charge in [-0.25, -0.2) is 0 Å². The summed E-state index contributed by atoms with van der Waals surface area (Å²) in [6.45, 7) is 6.61. The van der Waals surface area contributed by atoms with Crippen LogP contribution in [0.1, 0.15) is 20.8 Å². The number of rotatable bonds is 6. The van der Waals surface area contributed by atoms with Crippen molar-refractivity contribution in [3.05, 3.63) is 46.0 Å². The third kappa shape index (κ3) is 4.31. The highest BCUT2D eigenvalue weighted by Gasteiger charge is 2.13. The number of benzene rings is 2. The largest absolute Gasteiger partial charge is 0.494 e. The summed E-state index contributed by atoms with van der Waals surface area (Å²) in [5.74, 6) is 2.71. The molecule has 5 nitrogen and oxygen atoms in total. The van der Waals surface area contributed by atoms with Crippen LogP contribution in [0, 0.1) is 3.57 Å². The van der Waals surface area contributed by atoms with Crippen LogP contribution in [0.2, 0.25) is 0 Å². The number of aromatic nitrogens is 2. The Bertz CT molecular complexity index is 844. The number of hydrogen-bond donors (Lipinski definition) is 0. The van der Waals surface area contributed by atoms with Gasteiger partial charge in [-0.2, -0.15) is 4.98 Å². The molecular formula is C19H19IN2O3. The minimum absolute atomic E-state index is 0.135. The van der Waals surface area contributed by atoms with Crippen LogP contribution >= 0.6 is 22.6 Å². The van der Waals surface area contributed by atoms with E-state index in [2.05, 4.69) is 32.7 Å². The van der Waals surface area contributed by atoms with Crippen LogP contribution in [0.15, 0.2) is 47.0 Å². The van der Waals surface area contributed by atoms with Crippen LogP contribution in [0.5, 0.6) is 11.5 Å². The molecule has 0 amide bonds. The molecule has 0 radical (unpaired) electrons. The van der Waals surface area contributed by atoms with Crippen molar-refractivity contribution < 1.29 is 14.0 Å². The van der Waals surface area contributed by atoms with Crippen molar-refractivity contribution >= 4 is 22.6 Å². The number of nitrogens with zero attached hydrogens (tertiary/aromatic N) is 2. The molecule has 0 spiro atoms. The highest BCUT2D eigenvalue weighted by molar-refractivity contribution is 14.1. The topological polar surface area (TPSA) is 57.4 Å². The maximum absolute atomic E-state index is 5.76. The first-order chi connectivity index (χ1) is 12.1. The molecule has 2 aromatic carbocycles. The monoisotopic (exact) mass is 450 g/mol. The summed E-state index contributed by atoms with van der Waals surface area (Å²) in [7, 11) is 0. The Labute approximate surface area is 160 Å². The molecule has 0 saturated heterocycles. The Morgan fingerprint density at radius 2 is 1.80 bits per heavy atom. The molecule has 3 rings (SSSR count). The standard InChI is InChI=1S/C19H19IN2O3/c1-4-23-15-8-5-13(6-9-15)19-21-18(22-25-19)14-7-10-17(16(20)11-14)24-12(2)3/h5-12H,4H2,1-3H3. The molecule has 3 aromatic rings. The zero-order valence-electron chi connectivity index (χ0n) is 14.3. The minimum Gasteiger partial charge on any atom is -0.494 e. The van der Waals surface area contributed by atoms with Gasteiger partial charge < -0.3 is 14.0 Å². The van der Waals surface area contributed by atoms with Gasteiger partial charge in [0.25, 0.3) is 5.89 Å². The first-order valence-electron chi connectivity index (χ1n) is 8.10. The molecule has 0 aliphatic rings. The van der Waals surface area contributed by atoms with Gasteiger partial charge in [0, 0.05) is 11.1 Å². The van der Waals surface area contributed by atoms with Crippen molar-refractivity contribution in [3.63, 3.8) is 0 Å². The lowest BCUT2D eigenvalue weighted by Gasteiger charge is -2.11. The third-order valence-electron chi connectivity index (χ3n) is 3.39. The Hall–Kier alpha value is -2.09. The van der Waals surface area contributed by atoms with E-state index in [0.717, 1.165) is 26.2 Å². The summed E-state index contributed by atoms with van der Waals surface area (Å²) in [5, 5.41) is 4.09.